The molecule has 0 amide bonds. The van der Waals surface area contributed by atoms with Gasteiger partial charge in [0.2, 0.25) is 32.5 Å². The van der Waals surface area contributed by atoms with E-state index in [2.05, 4.69) is 14.5 Å². The molecule has 1 nitrogen and oxygen atoms in total. The summed E-state index contributed by atoms with van der Waals surface area (Å²) in [4.78, 5) is 0. The molecule has 0 fully saturated rings. The number of hydrogen-bond acceptors (Lipinski definition) is 3. The van der Waals surface area contributed by atoms with E-state index in [0.29, 0.717) is 0 Å². The maximum atomic E-state index is 4.05. The molecule has 2 aromatic rings. The van der Waals surface area contributed by atoms with Gasteiger partial charge in [0.05, 0.1) is 3.76 Å². The lowest BCUT2D eigenvalue weighted by molar-refractivity contribution is 1.91. The first kappa shape index (κ1) is 4.78. The molecule has 0 N–H and O–H groups in total. The molecule has 2 aromatic heterocycles. The van der Waals surface area contributed by atoms with Crippen molar-refractivity contribution in [1.29, 1.82) is 0 Å². The molecule has 4 heteroatoms. The second-order valence-electron chi connectivity index (χ2n) is 1.36. The Balaban J connectivity index is 3.06. The first-order valence-corrected chi connectivity index (χ1v) is 4.56. The number of fused-ring (bicyclic) bond motifs is 1. The topological polar surface area (TPSA) is 12.9 Å². The monoisotopic (exact) mass is 160 g/mol. The van der Waals surface area contributed by atoms with Crippen molar-refractivity contribution in [2.45, 2.75) is 0 Å². The molecule has 0 aromatic carbocycles. The lowest BCUT2D eigenvalue weighted by Gasteiger charge is -1.46. The second kappa shape index (κ2) is 1.72. The van der Waals surface area contributed by atoms with Crippen molar-refractivity contribution in [1.82, 2.24) is 3.76 Å². The van der Waals surface area contributed by atoms with E-state index in [9.17, 15) is 0 Å². The zero-order valence-electron chi connectivity index (χ0n) is 3.83. The molecule has 0 atom stereocenters. The summed E-state index contributed by atoms with van der Waals surface area (Å²) < 4.78 is 6.69. The van der Waals surface area contributed by atoms with E-state index >= 15 is 0 Å². The molecule has 2 heterocycles. The molecule has 0 saturated carbocycles. The molecule has 0 aliphatic heterocycles. The Morgan fingerprint density at radius 3 is 3.38 bits per heavy atom. The highest BCUT2D eigenvalue weighted by Gasteiger charge is 2.06. The minimum atomic E-state index is 1.32. The zero-order valence-corrected chi connectivity index (χ0v) is 6.28. The molecular formula is C4H2NS3+. The van der Waals surface area contributed by atoms with Gasteiger partial charge in [0.15, 0.2) is 0 Å². The second-order valence-corrected chi connectivity index (χ2v) is 3.94. The van der Waals surface area contributed by atoms with Crippen LogP contribution >= 0.6 is 34.4 Å². The van der Waals surface area contributed by atoms with E-state index in [1.165, 1.54) is 9.40 Å². The van der Waals surface area contributed by atoms with Crippen molar-refractivity contribution < 1.29 is 0 Å². The number of rotatable bonds is 0. The lowest BCUT2D eigenvalue weighted by atomic mass is 10.7. The smallest absolute Gasteiger partial charge is 0.145 e. The number of nitrogens with zero attached hydrogens (tertiary/aromatic N) is 1. The third kappa shape index (κ3) is 0.571. The van der Waals surface area contributed by atoms with Crippen molar-refractivity contribution in [2.75, 3.05) is 0 Å². The molecule has 8 heavy (non-hydrogen) atoms. The first-order chi connectivity index (χ1) is 3.97. The van der Waals surface area contributed by atoms with Gasteiger partial charge in [0.25, 0.3) is 0 Å². The quantitative estimate of drug-likeness (QED) is 0.540. The molecular weight excluding hydrogens is 158 g/mol. The van der Waals surface area contributed by atoms with Crippen LogP contribution < -0.4 is 0 Å². The minimum Gasteiger partial charge on any atom is -0.145 e. The predicted octanol–water partition coefficient (Wildman–Crippen LogP) is 2.70. The summed E-state index contributed by atoms with van der Waals surface area (Å²) in [5.41, 5.74) is 0. The lowest BCUT2D eigenvalue weighted by Crippen LogP contribution is -1.32. The Labute approximate surface area is 58.5 Å². The summed E-state index contributed by atoms with van der Waals surface area (Å²) in [6, 6.07) is 0. The number of aromatic nitrogens is 1. The highest BCUT2D eigenvalue weighted by atomic mass is 32.2. The fraction of sp³-hybridized carbons (Fsp3) is 0. The van der Waals surface area contributed by atoms with Gasteiger partial charge in [0.1, 0.15) is 0 Å². The SMILES string of the molecule is c1scc2[s+]nsc12. The van der Waals surface area contributed by atoms with Gasteiger partial charge in [-0.1, -0.05) is 0 Å². The van der Waals surface area contributed by atoms with Gasteiger partial charge < -0.3 is 0 Å². The van der Waals surface area contributed by atoms with Crippen molar-refractivity contribution in [3.05, 3.63) is 10.8 Å². The van der Waals surface area contributed by atoms with Crippen molar-refractivity contribution >= 4 is 43.8 Å². The fourth-order valence-electron chi connectivity index (χ4n) is 0.506. The summed E-state index contributed by atoms with van der Waals surface area (Å²) in [6.07, 6.45) is 0. The van der Waals surface area contributed by atoms with E-state index in [1.54, 1.807) is 34.4 Å². The van der Waals surface area contributed by atoms with Crippen molar-refractivity contribution in [3.63, 3.8) is 0 Å². The van der Waals surface area contributed by atoms with Gasteiger partial charge in [-0.25, -0.2) is 0 Å². The highest BCUT2D eigenvalue weighted by molar-refractivity contribution is 7.33. The Morgan fingerprint density at radius 1 is 1.50 bits per heavy atom. The maximum Gasteiger partial charge on any atom is 0.210 e. The molecule has 40 valence electrons. The average Bonchev–Trinajstić information content (AvgIpc) is 2.15. The molecule has 0 aliphatic rings. The summed E-state index contributed by atoms with van der Waals surface area (Å²) in [6.45, 7) is 0. The summed E-state index contributed by atoms with van der Waals surface area (Å²) in [7, 11) is 0. The third-order valence-electron chi connectivity index (χ3n) is 0.864. The Bertz CT molecular complexity index is 233. The van der Waals surface area contributed by atoms with Crippen LogP contribution in [0, 0.1) is 0 Å². The zero-order chi connectivity index (χ0) is 5.40. The third-order valence-corrected chi connectivity index (χ3v) is 3.70. The first-order valence-electron chi connectivity index (χ1n) is 2.07. The van der Waals surface area contributed by atoms with Gasteiger partial charge in [0, 0.05) is 10.8 Å². The molecule has 0 bridgehead atoms. The highest BCUT2D eigenvalue weighted by Crippen LogP contribution is 2.25. The van der Waals surface area contributed by atoms with Gasteiger partial charge >= 0.3 is 0 Å². The average molecular weight is 160 g/mol. The van der Waals surface area contributed by atoms with E-state index in [4.69, 9.17) is 0 Å². The van der Waals surface area contributed by atoms with Crippen LogP contribution in [-0.2, 0) is 0 Å². The largest absolute Gasteiger partial charge is 0.210 e. The summed E-state index contributed by atoms with van der Waals surface area (Å²) >= 11 is 4.89. The summed E-state index contributed by atoms with van der Waals surface area (Å²) in [5.74, 6) is 0. The molecule has 0 saturated heterocycles. The van der Waals surface area contributed by atoms with E-state index in [-0.39, 0.29) is 0 Å². The van der Waals surface area contributed by atoms with Crippen LogP contribution in [0.5, 0.6) is 0 Å². The maximum absolute atomic E-state index is 4.05. The Hall–Kier alpha value is -0.0600. The van der Waals surface area contributed by atoms with Crippen LogP contribution in [0.2, 0.25) is 0 Å². The molecule has 0 aliphatic carbocycles. The van der Waals surface area contributed by atoms with Gasteiger partial charge in [-0.3, -0.25) is 0 Å². The molecule has 2 rings (SSSR count). The standard InChI is InChI=1S/C4H2NS3/c1-3-4(2-6-1)8-5-7-3/h1-2H/q+1. The predicted molar refractivity (Wildman–Crippen MR) is 39.8 cm³/mol. The number of thiophene rings is 1. The summed E-state index contributed by atoms with van der Waals surface area (Å²) in [5, 5.41) is 4.26. The van der Waals surface area contributed by atoms with E-state index in [1.807, 2.05) is 0 Å². The Morgan fingerprint density at radius 2 is 2.50 bits per heavy atom. The van der Waals surface area contributed by atoms with Crippen LogP contribution in [0.15, 0.2) is 10.8 Å². The Kier molecular flexibility index (Phi) is 1.03. The fourth-order valence-corrected chi connectivity index (χ4v) is 3.21. The van der Waals surface area contributed by atoms with Gasteiger partial charge in [-0.2, -0.15) is 0 Å². The van der Waals surface area contributed by atoms with Gasteiger partial charge in [-0.15, -0.1) is 11.3 Å². The van der Waals surface area contributed by atoms with Crippen LogP contribution in [0.3, 0.4) is 0 Å². The van der Waals surface area contributed by atoms with Crippen LogP contribution in [-0.4, -0.2) is 3.76 Å². The van der Waals surface area contributed by atoms with Gasteiger partial charge in [-0.05, 0) is 0 Å². The molecule has 0 unspecified atom stereocenters. The van der Waals surface area contributed by atoms with Crippen molar-refractivity contribution in [2.24, 2.45) is 0 Å². The molecule has 0 radical (unpaired) electrons. The van der Waals surface area contributed by atoms with E-state index in [0.717, 1.165) is 0 Å². The van der Waals surface area contributed by atoms with Crippen LogP contribution in [0.25, 0.3) is 9.40 Å². The normalized spacial score (nSPS) is 10.5. The number of hydrogen-bond donors (Lipinski definition) is 0. The van der Waals surface area contributed by atoms with E-state index < -0.39 is 0 Å². The van der Waals surface area contributed by atoms with Crippen molar-refractivity contribution in [3.8, 4) is 0 Å². The minimum absolute atomic E-state index is 1.32. The van der Waals surface area contributed by atoms with Crippen LogP contribution in [0.4, 0.5) is 0 Å². The van der Waals surface area contributed by atoms with Crippen LogP contribution in [0.1, 0.15) is 0 Å². The molecule has 0 spiro atoms.